The molecule has 0 saturated carbocycles. The molecule has 0 bridgehead atoms. The van der Waals surface area contributed by atoms with Gasteiger partial charge >= 0.3 is 0 Å². The first-order valence-corrected chi connectivity index (χ1v) is 5.87. The quantitative estimate of drug-likeness (QED) is 0.766. The van der Waals surface area contributed by atoms with Gasteiger partial charge in [-0.2, -0.15) is 0 Å². The molecular formula is C12H19ClN2O3. The molecule has 1 aromatic heterocycles. The van der Waals surface area contributed by atoms with Crippen molar-refractivity contribution in [2.24, 2.45) is 0 Å². The summed E-state index contributed by atoms with van der Waals surface area (Å²) in [6, 6.07) is 3.40. The van der Waals surface area contributed by atoms with Gasteiger partial charge in [-0.1, -0.05) is 0 Å². The van der Waals surface area contributed by atoms with E-state index in [1.165, 1.54) is 6.26 Å². The molecule has 2 rings (SSSR count). The molecule has 1 saturated heterocycles. The van der Waals surface area contributed by atoms with E-state index in [9.17, 15) is 9.90 Å². The van der Waals surface area contributed by atoms with Crippen LogP contribution in [-0.2, 0) is 4.79 Å². The molecule has 2 unspecified atom stereocenters. The van der Waals surface area contributed by atoms with E-state index in [0.717, 1.165) is 19.4 Å². The number of hydrogen-bond acceptors (Lipinski definition) is 4. The van der Waals surface area contributed by atoms with Crippen molar-refractivity contribution in [2.75, 3.05) is 13.1 Å². The minimum absolute atomic E-state index is 0. The molecule has 102 valence electrons. The summed E-state index contributed by atoms with van der Waals surface area (Å²) >= 11 is 0. The lowest BCUT2D eigenvalue weighted by molar-refractivity contribution is -0.127. The Morgan fingerprint density at radius 3 is 3.06 bits per heavy atom. The molecule has 3 N–H and O–H groups in total. The molecule has 0 spiro atoms. The monoisotopic (exact) mass is 274 g/mol. The topological polar surface area (TPSA) is 74.5 Å². The first-order valence-electron chi connectivity index (χ1n) is 5.87. The van der Waals surface area contributed by atoms with Crippen LogP contribution in [0.4, 0.5) is 0 Å². The highest BCUT2D eigenvalue weighted by Gasteiger charge is 2.35. The summed E-state index contributed by atoms with van der Waals surface area (Å²) in [5.41, 5.74) is -0.497. The van der Waals surface area contributed by atoms with Gasteiger partial charge in [-0.15, -0.1) is 12.4 Å². The van der Waals surface area contributed by atoms with Crippen molar-refractivity contribution in [3.63, 3.8) is 0 Å². The number of carbonyl (C=O) groups is 1. The Bertz CT molecular complexity index is 375. The largest absolute Gasteiger partial charge is 0.467 e. The van der Waals surface area contributed by atoms with Gasteiger partial charge in [0.25, 0.3) is 0 Å². The maximum atomic E-state index is 11.9. The number of rotatable bonds is 4. The molecule has 1 aliphatic rings. The second-order valence-electron chi connectivity index (χ2n) is 4.60. The number of amides is 1. The zero-order valence-corrected chi connectivity index (χ0v) is 11.1. The minimum Gasteiger partial charge on any atom is -0.467 e. The molecular weight excluding hydrogens is 256 g/mol. The number of nitrogens with one attached hydrogen (secondary N) is 2. The highest BCUT2D eigenvalue weighted by Crippen LogP contribution is 2.19. The van der Waals surface area contributed by atoms with E-state index >= 15 is 0 Å². The number of halogens is 1. The van der Waals surface area contributed by atoms with Gasteiger partial charge in [0.1, 0.15) is 11.9 Å². The normalized spacial score (nSPS) is 24.3. The third-order valence-electron chi connectivity index (χ3n) is 3.20. The van der Waals surface area contributed by atoms with Gasteiger partial charge < -0.3 is 20.2 Å². The molecule has 6 heteroatoms. The highest BCUT2D eigenvalue weighted by molar-refractivity contribution is 5.86. The Kier molecular flexibility index (Phi) is 5.19. The van der Waals surface area contributed by atoms with E-state index in [4.69, 9.17) is 4.42 Å². The standard InChI is InChI=1S/C12H18N2O3.ClH/c1-12(5-3-6-14-12)11(16)13-8-9(15)10-4-2-7-17-10;/h2,4,7,9,14-15H,3,5-6,8H2,1H3,(H,13,16);1H. The van der Waals surface area contributed by atoms with Gasteiger partial charge in [-0.3, -0.25) is 4.79 Å². The molecule has 2 atom stereocenters. The van der Waals surface area contributed by atoms with Crippen molar-refractivity contribution in [1.82, 2.24) is 10.6 Å². The van der Waals surface area contributed by atoms with E-state index in [1.807, 2.05) is 6.92 Å². The maximum absolute atomic E-state index is 11.9. The maximum Gasteiger partial charge on any atom is 0.240 e. The van der Waals surface area contributed by atoms with Crippen LogP contribution in [0.15, 0.2) is 22.8 Å². The van der Waals surface area contributed by atoms with Crippen molar-refractivity contribution in [3.05, 3.63) is 24.2 Å². The predicted octanol–water partition coefficient (Wildman–Crippen LogP) is 0.993. The van der Waals surface area contributed by atoms with Gasteiger partial charge in [0.2, 0.25) is 5.91 Å². The van der Waals surface area contributed by atoms with Crippen molar-refractivity contribution < 1.29 is 14.3 Å². The summed E-state index contributed by atoms with van der Waals surface area (Å²) in [6.45, 7) is 2.92. The number of hydrogen-bond donors (Lipinski definition) is 3. The summed E-state index contributed by atoms with van der Waals surface area (Å²) in [7, 11) is 0. The molecule has 0 aliphatic carbocycles. The second kappa shape index (κ2) is 6.22. The second-order valence-corrected chi connectivity index (χ2v) is 4.60. The van der Waals surface area contributed by atoms with Crippen molar-refractivity contribution in [1.29, 1.82) is 0 Å². The zero-order chi connectivity index (χ0) is 12.3. The molecule has 1 amide bonds. The lowest BCUT2D eigenvalue weighted by atomic mass is 9.99. The molecule has 2 heterocycles. The zero-order valence-electron chi connectivity index (χ0n) is 10.3. The van der Waals surface area contributed by atoms with E-state index in [1.54, 1.807) is 12.1 Å². The molecule has 1 aliphatic heterocycles. The first kappa shape index (κ1) is 15.0. The van der Waals surface area contributed by atoms with Crippen LogP contribution >= 0.6 is 12.4 Å². The average molecular weight is 275 g/mol. The van der Waals surface area contributed by atoms with Gasteiger partial charge in [0.05, 0.1) is 18.3 Å². The Balaban J connectivity index is 0.00000162. The summed E-state index contributed by atoms with van der Waals surface area (Å²) < 4.78 is 5.06. The number of aliphatic hydroxyl groups is 1. The fraction of sp³-hybridized carbons (Fsp3) is 0.583. The Morgan fingerprint density at radius 1 is 1.72 bits per heavy atom. The Morgan fingerprint density at radius 2 is 2.50 bits per heavy atom. The fourth-order valence-corrected chi connectivity index (χ4v) is 2.05. The van der Waals surface area contributed by atoms with E-state index in [0.29, 0.717) is 5.76 Å². The molecule has 0 radical (unpaired) electrons. The van der Waals surface area contributed by atoms with Gasteiger partial charge in [0.15, 0.2) is 0 Å². The fourth-order valence-electron chi connectivity index (χ4n) is 2.05. The Hall–Kier alpha value is -1.04. The van der Waals surface area contributed by atoms with Gasteiger partial charge in [-0.05, 0) is 38.4 Å². The first-order chi connectivity index (χ1) is 8.12. The SMILES string of the molecule is CC1(C(=O)NCC(O)c2ccco2)CCCN1.Cl. The lowest BCUT2D eigenvalue weighted by Crippen LogP contribution is -2.51. The third-order valence-corrected chi connectivity index (χ3v) is 3.20. The summed E-state index contributed by atoms with van der Waals surface area (Å²) in [5, 5.41) is 15.7. The molecule has 18 heavy (non-hydrogen) atoms. The molecule has 5 nitrogen and oxygen atoms in total. The van der Waals surface area contributed by atoms with Crippen molar-refractivity contribution in [2.45, 2.75) is 31.4 Å². The highest BCUT2D eigenvalue weighted by atomic mass is 35.5. The van der Waals surface area contributed by atoms with Gasteiger partial charge in [0, 0.05) is 0 Å². The minimum atomic E-state index is -0.793. The van der Waals surface area contributed by atoms with Gasteiger partial charge in [-0.25, -0.2) is 0 Å². The Labute approximate surface area is 112 Å². The number of carbonyl (C=O) groups excluding carboxylic acids is 1. The molecule has 0 aromatic carbocycles. The molecule has 1 fully saturated rings. The lowest BCUT2D eigenvalue weighted by Gasteiger charge is -2.23. The van der Waals surface area contributed by atoms with E-state index in [2.05, 4.69) is 10.6 Å². The van der Waals surface area contributed by atoms with Crippen molar-refractivity contribution in [3.8, 4) is 0 Å². The van der Waals surface area contributed by atoms with Crippen LogP contribution in [0, 0.1) is 0 Å². The summed E-state index contributed by atoms with van der Waals surface area (Å²) in [5.74, 6) is 0.399. The third kappa shape index (κ3) is 3.25. The van der Waals surface area contributed by atoms with Crippen LogP contribution in [0.3, 0.4) is 0 Å². The number of furan rings is 1. The summed E-state index contributed by atoms with van der Waals surface area (Å²) in [6.07, 6.45) is 2.54. The van der Waals surface area contributed by atoms with Crippen LogP contribution < -0.4 is 10.6 Å². The van der Waals surface area contributed by atoms with Crippen LogP contribution in [0.25, 0.3) is 0 Å². The van der Waals surface area contributed by atoms with Crippen molar-refractivity contribution >= 4 is 18.3 Å². The smallest absolute Gasteiger partial charge is 0.240 e. The number of aliphatic hydroxyl groups excluding tert-OH is 1. The predicted molar refractivity (Wildman–Crippen MR) is 69.6 cm³/mol. The van der Waals surface area contributed by atoms with Crippen LogP contribution in [0.2, 0.25) is 0 Å². The average Bonchev–Trinajstić information content (AvgIpc) is 2.96. The van der Waals surface area contributed by atoms with Crippen LogP contribution in [0.5, 0.6) is 0 Å². The van der Waals surface area contributed by atoms with Crippen LogP contribution in [-0.4, -0.2) is 29.6 Å². The van der Waals surface area contributed by atoms with Crippen LogP contribution in [0.1, 0.15) is 31.6 Å². The van der Waals surface area contributed by atoms with E-state index < -0.39 is 11.6 Å². The summed E-state index contributed by atoms with van der Waals surface area (Å²) in [4.78, 5) is 11.9. The van der Waals surface area contributed by atoms with E-state index in [-0.39, 0.29) is 24.9 Å². The molecule has 1 aromatic rings.